The van der Waals surface area contributed by atoms with Crippen LogP contribution in [0.3, 0.4) is 0 Å². The van der Waals surface area contributed by atoms with Crippen molar-refractivity contribution in [3.8, 4) is 0 Å². The topological polar surface area (TPSA) is 6.48 Å². The first-order chi connectivity index (χ1) is 15.8. The van der Waals surface area contributed by atoms with E-state index < -0.39 is 0 Å². The van der Waals surface area contributed by atoms with Crippen LogP contribution >= 0.6 is 0 Å². The van der Waals surface area contributed by atoms with Crippen LogP contribution in [0.5, 0.6) is 0 Å². The maximum Gasteiger partial charge on any atom is -0.000655 e. The minimum atomic E-state index is 1.28. The fourth-order valence-corrected chi connectivity index (χ4v) is 5.02. The Balaban J connectivity index is 3.49. The van der Waals surface area contributed by atoms with E-state index in [1.54, 1.807) is 0 Å². The summed E-state index contributed by atoms with van der Waals surface area (Å²) in [7, 11) is 0. The van der Waals surface area contributed by atoms with Crippen LogP contribution < -0.4 is 0 Å². The monoisotopic (exact) mass is 453 g/mol. The average molecular weight is 453 g/mol. The summed E-state index contributed by atoms with van der Waals surface area (Å²) in [5, 5.41) is 0. The zero-order chi connectivity index (χ0) is 23.5. The lowest BCUT2D eigenvalue weighted by molar-refractivity contribution is 0.223. The summed E-state index contributed by atoms with van der Waals surface area (Å²) in [6.45, 7) is 17.0. The Morgan fingerprint density at radius 2 is 0.531 bits per heavy atom. The van der Waals surface area contributed by atoms with Crippen LogP contribution in [0, 0.1) is 0 Å². The Bertz CT molecular complexity index is 325. The molecular formula is C30H64N2. The van der Waals surface area contributed by atoms with Gasteiger partial charge in [0, 0.05) is 0 Å². The van der Waals surface area contributed by atoms with E-state index in [1.807, 2.05) is 0 Å². The second-order valence-corrected chi connectivity index (χ2v) is 10.3. The number of hydrogen-bond donors (Lipinski definition) is 0. The lowest BCUT2D eigenvalue weighted by Crippen LogP contribution is -2.32. The lowest BCUT2D eigenvalue weighted by Gasteiger charge is -2.25. The molecule has 0 amide bonds. The van der Waals surface area contributed by atoms with Crippen molar-refractivity contribution >= 4 is 0 Å². The molecule has 0 fully saturated rings. The largest absolute Gasteiger partial charge is 0.303 e. The molecule has 32 heavy (non-hydrogen) atoms. The predicted molar refractivity (Wildman–Crippen MR) is 148 cm³/mol. The summed E-state index contributed by atoms with van der Waals surface area (Å²) in [6, 6.07) is 0. The Labute approximate surface area is 205 Å². The summed E-state index contributed by atoms with van der Waals surface area (Å²) in [6.07, 6.45) is 28.6. The molecule has 0 bridgehead atoms. The third-order valence-electron chi connectivity index (χ3n) is 6.90. The molecule has 0 N–H and O–H groups in total. The van der Waals surface area contributed by atoms with Gasteiger partial charge in [-0.25, -0.2) is 0 Å². The van der Waals surface area contributed by atoms with Gasteiger partial charge < -0.3 is 9.80 Å². The molecule has 194 valence electrons. The van der Waals surface area contributed by atoms with Crippen LogP contribution in [-0.4, -0.2) is 49.1 Å². The van der Waals surface area contributed by atoms with Crippen LogP contribution in [0.1, 0.15) is 156 Å². The summed E-state index contributed by atoms with van der Waals surface area (Å²) < 4.78 is 0. The van der Waals surface area contributed by atoms with Crippen molar-refractivity contribution in [2.75, 3.05) is 39.3 Å². The van der Waals surface area contributed by atoms with Crippen molar-refractivity contribution < 1.29 is 0 Å². The minimum Gasteiger partial charge on any atom is -0.303 e. The second kappa shape index (κ2) is 27.2. The van der Waals surface area contributed by atoms with Gasteiger partial charge in [-0.2, -0.15) is 0 Å². The molecule has 0 heterocycles. The van der Waals surface area contributed by atoms with Gasteiger partial charge in [0.15, 0.2) is 0 Å². The summed E-state index contributed by atoms with van der Waals surface area (Å²) in [5.74, 6) is 0. The van der Waals surface area contributed by atoms with Crippen molar-refractivity contribution in [3.05, 3.63) is 0 Å². The van der Waals surface area contributed by atoms with E-state index in [9.17, 15) is 0 Å². The van der Waals surface area contributed by atoms with E-state index in [2.05, 4.69) is 37.5 Å². The molecule has 2 nitrogen and oxygen atoms in total. The van der Waals surface area contributed by atoms with Gasteiger partial charge in [-0.1, -0.05) is 124 Å². The summed E-state index contributed by atoms with van der Waals surface area (Å²) in [5.41, 5.74) is 0. The third kappa shape index (κ3) is 23.1. The standard InChI is InChI=1S/C30H64N2/c1-5-9-10-11-12-13-14-15-16-17-18-19-20-21-22-23-28-32(27-8-4)30-24-29-31(25-6-2)26-7-3/h5-30H2,1-4H3. The van der Waals surface area contributed by atoms with Gasteiger partial charge in [-0.05, 0) is 71.4 Å². The van der Waals surface area contributed by atoms with Crippen molar-refractivity contribution in [3.63, 3.8) is 0 Å². The van der Waals surface area contributed by atoms with E-state index in [1.165, 1.54) is 168 Å². The average Bonchev–Trinajstić information content (AvgIpc) is 2.79. The number of hydrogen-bond acceptors (Lipinski definition) is 2. The van der Waals surface area contributed by atoms with Gasteiger partial charge in [0.1, 0.15) is 0 Å². The van der Waals surface area contributed by atoms with Crippen molar-refractivity contribution in [2.24, 2.45) is 0 Å². The molecular weight excluding hydrogens is 388 g/mol. The third-order valence-corrected chi connectivity index (χ3v) is 6.90. The molecule has 0 aliphatic carbocycles. The van der Waals surface area contributed by atoms with Crippen molar-refractivity contribution in [2.45, 2.75) is 156 Å². The van der Waals surface area contributed by atoms with E-state index in [0.717, 1.165) is 0 Å². The molecule has 0 aromatic rings. The highest BCUT2D eigenvalue weighted by Crippen LogP contribution is 2.14. The van der Waals surface area contributed by atoms with Crippen molar-refractivity contribution in [1.29, 1.82) is 0 Å². The van der Waals surface area contributed by atoms with E-state index in [4.69, 9.17) is 0 Å². The Hall–Kier alpha value is -0.0800. The number of rotatable bonds is 27. The molecule has 0 aromatic carbocycles. The molecule has 0 unspecified atom stereocenters. The molecule has 0 aliphatic rings. The second-order valence-electron chi connectivity index (χ2n) is 10.3. The van der Waals surface area contributed by atoms with Crippen molar-refractivity contribution in [1.82, 2.24) is 9.80 Å². The van der Waals surface area contributed by atoms with E-state index >= 15 is 0 Å². The Morgan fingerprint density at radius 1 is 0.250 bits per heavy atom. The number of nitrogens with zero attached hydrogens (tertiary/aromatic N) is 2. The van der Waals surface area contributed by atoms with Crippen LogP contribution in [-0.2, 0) is 0 Å². The van der Waals surface area contributed by atoms with Gasteiger partial charge in [-0.3, -0.25) is 0 Å². The molecule has 0 saturated heterocycles. The first-order valence-corrected chi connectivity index (χ1v) is 15.2. The minimum absolute atomic E-state index is 1.28. The fourth-order valence-electron chi connectivity index (χ4n) is 5.02. The zero-order valence-corrected chi connectivity index (χ0v) is 23.3. The van der Waals surface area contributed by atoms with Crippen LogP contribution in [0.25, 0.3) is 0 Å². The van der Waals surface area contributed by atoms with E-state index in [-0.39, 0.29) is 0 Å². The maximum atomic E-state index is 2.74. The quantitative estimate of drug-likeness (QED) is 0.114. The lowest BCUT2D eigenvalue weighted by atomic mass is 10.0. The van der Waals surface area contributed by atoms with E-state index in [0.29, 0.717) is 0 Å². The molecule has 0 aromatic heterocycles. The van der Waals surface area contributed by atoms with Gasteiger partial charge in [0.05, 0.1) is 0 Å². The smallest absolute Gasteiger partial charge is 0.000655 e. The molecule has 0 spiro atoms. The summed E-state index contributed by atoms with van der Waals surface area (Å²) >= 11 is 0. The zero-order valence-electron chi connectivity index (χ0n) is 23.3. The predicted octanol–water partition coefficient (Wildman–Crippen LogP) is 9.47. The molecule has 0 radical (unpaired) electrons. The van der Waals surface area contributed by atoms with Crippen LogP contribution in [0.2, 0.25) is 0 Å². The Kier molecular flexibility index (Phi) is 27.1. The first kappa shape index (κ1) is 31.9. The normalized spacial score (nSPS) is 11.8. The SMILES string of the molecule is CCCCCCCCCCCCCCCCCCN(CCC)CCCN(CCC)CCC. The highest BCUT2D eigenvalue weighted by Gasteiger charge is 2.06. The Morgan fingerprint density at radius 3 is 0.875 bits per heavy atom. The number of unbranched alkanes of at least 4 members (excludes halogenated alkanes) is 15. The highest BCUT2D eigenvalue weighted by molar-refractivity contribution is 4.62. The van der Waals surface area contributed by atoms with Gasteiger partial charge in [0.25, 0.3) is 0 Å². The first-order valence-electron chi connectivity index (χ1n) is 15.2. The molecule has 0 aliphatic heterocycles. The molecule has 2 heteroatoms. The summed E-state index contributed by atoms with van der Waals surface area (Å²) in [4.78, 5) is 5.40. The van der Waals surface area contributed by atoms with Gasteiger partial charge in [-0.15, -0.1) is 0 Å². The van der Waals surface area contributed by atoms with Crippen LogP contribution in [0.15, 0.2) is 0 Å². The van der Waals surface area contributed by atoms with Crippen LogP contribution in [0.4, 0.5) is 0 Å². The fraction of sp³-hybridized carbons (Fsp3) is 1.00. The maximum absolute atomic E-state index is 2.74. The van der Waals surface area contributed by atoms with Gasteiger partial charge >= 0.3 is 0 Å². The molecule has 0 rings (SSSR count). The molecule has 0 atom stereocenters. The van der Waals surface area contributed by atoms with Gasteiger partial charge in [0.2, 0.25) is 0 Å². The highest BCUT2D eigenvalue weighted by atomic mass is 15.1. The molecule has 0 saturated carbocycles.